The molecule has 218 valence electrons. The molecule has 0 fully saturated rings. The molecule has 0 aromatic heterocycles. The summed E-state index contributed by atoms with van der Waals surface area (Å²) in [5.74, 6) is -1.13. The first-order chi connectivity index (χ1) is 19.4. The largest absolute Gasteiger partial charge is 0.354 e. The summed E-state index contributed by atoms with van der Waals surface area (Å²) in [6.45, 7) is 1.43. The summed E-state index contributed by atoms with van der Waals surface area (Å²) >= 11 is 12.5. The van der Waals surface area contributed by atoms with Crippen molar-refractivity contribution in [1.82, 2.24) is 10.2 Å². The second kappa shape index (κ2) is 14.3. The molecule has 10 nitrogen and oxygen atoms in total. The van der Waals surface area contributed by atoms with Gasteiger partial charge in [-0.2, -0.15) is 0 Å². The van der Waals surface area contributed by atoms with E-state index in [0.29, 0.717) is 23.6 Å². The van der Waals surface area contributed by atoms with Gasteiger partial charge in [-0.3, -0.25) is 24.0 Å². The van der Waals surface area contributed by atoms with Gasteiger partial charge < -0.3 is 10.2 Å². The number of hydrogen-bond donors (Lipinski definition) is 1. The van der Waals surface area contributed by atoms with E-state index in [9.17, 15) is 28.1 Å². The quantitative estimate of drug-likeness (QED) is 0.215. The van der Waals surface area contributed by atoms with Crippen molar-refractivity contribution in [2.45, 2.75) is 32.4 Å². The zero-order valence-corrected chi connectivity index (χ0v) is 24.8. The average Bonchev–Trinajstić information content (AvgIpc) is 2.93. The predicted octanol–water partition coefficient (Wildman–Crippen LogP) is 4.83. The van der Waals surface area contributed by atoms with Gasteiger partial charge in [-0.25, -0.2) is 8.42 Å². The van der Waals surface area contributed by atoms with E-state index < -0.39 is 39.3 Å². The first-order valence-electron chi connectivity index (χ1n) is 12.7. The number of non-ortho nitro benzene ring substituents is 1. The highest BCUT2D eigenvalue weighted by molar-refractivity contribution is 7.92. The fraction of sp³-hybridized carbons (Fsp3) is 0.286. The standard InChI is InChI=1S/C28H30Cl2N4O6S/c1-3-14-31-28(36)26(15-20-8-5-4-6-9-20)32(18-21-12-13-22(29)16-25(21)30)27(35)19-33(41(2,39)40)23-10-7-11-24(17-23)34(37)38/h4-13,16-17,26H,3,14-15,18-19H2,1-2H3,(H,31,36)/t26-/m0/s1. The van der Waals surface area contributed by atoms with Gasteiger partial charge in [-0.05, 0) is 35.7 Å². The lowest BCUT2D eigenvalue weighted by Gasteiger charge is -2.33. The smallest absolute Gasteiger partial charge is 0.271 e. The van der Waals surface area contributed by atoms with Crippen LogP contribution in [0.5, 0.6) is 0 Å². The number of sulfonamides is 1. The average molecular weight is 622 g/mol. The molecule has 0 aliphatic heterocycles. The van der Waals surface area contributed by atoms with Gasteiger partial charge >= 0.3 is 0 Å². The van der Waals surface area contributed by atoms with Crippen molar-refractivity contribution in [3.05, 3.63) is 104 Å². The Morgan fingerprint density at radius 1 is 1.02 bits per heavy atom. The zero-order chi connectivity index (χ0) is 30.2. The molecule has 3 aromatic carbocycles. The number of nitrogens with one attached hydrogen (secondary N) is 1. The summed E-state index contributed by atoms with van der Waals surface area (Å²) < 4.78 is 26.4. The SMILES string of the molecule is CCCNC(=O)[C@H](Cc1ccccc1)N(Cc1ccc(Cl)cc1Cl)C(=O)CN(c1cccc([N+](=O)[O-])c1)S(C)(=O)=O. The van der Waals surface area contributed by atoms with Crippen LogP contribution in [0.25, 0.3) is 0 Å². The van der Waals surface area contributed by atoms with Crippen molar-refractivity contribution >= 4 is 56.4 Å². The number of carbonyl (C=O) groups is 2. The number of halogens is 2. The highest BCUT2D eigenvalue weighted by Gasteiger charge is 2.33. The molecular weight excluding hydrogens is 591 g/mol. The molecule has 3 rings (SSSR count). The zero-order valence-electron chi connectivity index (χ0n) is 22.5. The third kappa shape index (κ3) is 8.91. The first-order valence-corrected chi connectivity index (χ1v) is 15.3. The van der Waals surface area contributed by atoms with Crippen LogP contribution in [0.1, 0.15) is 24.5 Å². The molecule has 0 saturated carbocycles. The van der Waals surface area contributed by atoms with E-state index in [-0.39, 0.29) is 29.4 Å². The number of nitro groups is 1. The van der Waals surface area contributed by atoms with Gasteiger partial charge in [0.1, 0.15) is 12.6 Å². The van der Waals surface area contributed by atoms with E-state index in [0.717, 1.165) is 22.2 Å². The minimum absolute atomic E-state index is 0.0606. The Labute approximate surface area is 249 Å². The molecule has 2 amide bonds. The molecule has 41 heavy (non-hydrogen) atoms. The lowest BCUT2D eigenvalue weighted by molar-refractivity contribution is -0.384. The van der Waals surface area contributed by atoms with Gasteiger partial charge in [0.25, 0.3) is 5.69 Å². The van der Waals surface area contributed by atoms with Gasteiger partial charge in [0.05, 0.1) is 16.9 Å². The Kier molecular flexibility index (Phi) is 11.1. The number of anilines is 1. The van der Waals surface area contributed by atoms with E-state index in [1.54, 1.807) is 12.1 Å². The van der Waals surface area contributed by atoms with Crippen LogP contribution in [-0.4, -0.2) is 55.4 Å². The maximum atomic E-state index is 14.0. The fourth-order valence-electron chi connectivity index (χ4n) is 4.13. The van der Waals surface area contributed by atoms with Crippen LogP contribution in [-0.2, 0) is 32.6 Å². The molecule has 0 aliphatic carbocycles. The fourth-order valence-corrected chi connectivity index (χ4v) is 5.44. The summed E-state index contributed by atoms with van der Waals surface area (Å²) in [5.41, 5.74) is 0.874. The Balaban J connectivity index is 2.09. The molecule has 0 aliphatic rings. The van der Waals surface area contributed by atoms with Crippen molar-refractivity contribution in [2.75, 3.05) is 23.7 Å². The van der Waals surface area contributed by atoms with E-state index >= 15 is 0 Å². The Morgan fingerprint density at radius 3 is 2.34 bits per heavy atom. The topological polar surface area (TPSA) is 130 Å². The van der Waals surface area contributed by atoms with E-state index in [1.807, 2.05) is 37.3 Å². The summed E-state index contributed by atoms with van der Waals surface area (Å²) in [7, 11) is -4.08. The molecule has 0 saturated heterocycles. The number of hydrogen-bond acceptors (Lipinski definition) is 6. The van der Waals surface area contributed by atoms with Crippen molar-refractivity contribution in [1.29, 1.82) is 0 Å². The lowest BCUT2D eigenvalue weighted by Crippen LogP contribution is -2.53. The minimum Gasteiger partial charge on any atom is -0.354 e. The van der Waals surface area contributed by atoms with Crippen LogP contribution >= 0.6 is 23.2 Å². The van der Waals surface area contributed by atoms with Crippen LogP contribution in [0, 0.1) is 10.1 Å². The van der Waals surface area contributed by atoms with Crippen LogP contribution in [0.4, 0.5) is 11.4 Å². The third-order valence-corrected chi connectivity index (χ3v) is 7.91. The summed E-state index contributed by atoms with van der Waals surface area (Å²) in [6.07, 6.45) is 1.70. The van der Waals surface area contributed by atoms with Crippen molar-refractivity contribution in [3.8, 4) is 0 Å². The van der Waals surface area contributed by atoms with Gasteiger partial charge in [-0.1, -0.05) is 72.6 Å². The molecule has 0 heterocycles. The van der Waals surface area contributed by atoms with Crippen LogP contribution in [0.15, 0.2) is 72.8 Å². The Hall–Kier alpha value is -3.67. The Bertz CT molecular complexity index is 1500. The van der Waals surface area contributed by atoms with Crippen LogP contribution < -0.4 is 9.62 Å². The van der Waals surface area contributed by atoms with Gasteiger partial charge in [0, 0.05) is 41.7 Å². The van der Waals surface area contributed by atoms with E-state index in [4.69, 9.17) is 23.2 Å². The lowest BCUT2D eigenvalue weighted by atomic mass is 10.0. The number of rotatable bonds is 13. The Morgan fingerprint density at radius 2 is 1.73 bits per heavy atom. The van der Waals surface area contributed by atoms with Crippen LogP contribution in [0.2, 0.25) is 10.0 Å². The predicted molar refractivity (Wildman–Crippen MR) is 160 cm³/mol. The maximum absolute atomic E-state index is 14.0. The molecule has 0 unspecified atom stereocenters. The van der Waals surface area contributed by atoms with Crippen LogP contribution in [0.3, 0.4) is 0 Å². The molecule has 0 spiro atoms. The summed E-state index contributed by atoms with van der Waals surface area (Å²) in [4.78, 5) is 39.5. The monoisotopic (exact) mass is 620 g/mol. The number of nitro benzene ring substituents is 1. The summed E-state index contributed by atoms with van der Waals surface area (Å²) in [6, 6.07) is 17.8. The van der Waals surface area contributed by atoms with E-state index in [2.05, 4.69) is 5.32 Å². The molecule has 1 atom stereocenters. The van der Waals surface area contributed by atoms with Crippen molar-refractivity contribution in [2.24, 2.45) is 0 Å². The summed E-state index contributed by atoms with van der Waals surface area (Å²) in [5, 5.41) is 14.8. The molecule has 3 aromatic rings. The molecule has 0 radical (unpaired) electrons. The van der Waals surface area contributed by atoms with Crippen molar-refractivity contribution < 1.29 is 22.9 Å². The third-order valence-electron chi connectivity index (χ3n) is 6.18. The van der Waals surface area contributed by atoms with Gasteiger partial charge in [-0.15, -0.1) is 0 Å². The number of amides is 2. The number of benzene rings is 3. The van der Waals surface area contributed by atoms with E-state index in [1.165, 1.54) is 29.2 Å². The van der Waals surface area contributed by atoms with Crippen molar-refractivity contribution in [3.63, 3.8) is 0 Å². The molecular formula is C28H30Cl2N4O6S. The first kappa shape index (κ1) is 31.9. The molecule has 0 bridgehead atoms. The second-order valence-corrected chi connectivity index (χ2v) is 12.1. The molecule has 13 heteroatoms. The maximum Gasteiger partial charge on any atom is 0.271 e. The normalized spacial score (nSPS) is 11.9. The molecule has 1 N–H and O–H groups in total. The highest BCUT2D eigenvalue weighted by Crippen LogP contribution is 2.26. The number of carbonyl (C=O) groups excluding carboxylic acids is 2. The van der Waals surface area contributed by atoms with Gasteiger partial charge in [0.2, 0.25) is 21.8 Å². The minimum atomic E-state index is -4.08. The van der Waals surface area contributed by atoms with Gasteiger partial charge in [0.15, 0.2) is 0 Å². The highest BCUT2D eigenvalue weighted by atomic mass is 35.5. The number of nitrogens with zero attached hydrogens (tertiary/aromatic N) is 3. The second-order valence-electron chi connectivity index (χ2n) is 9.30.